The Morgan fingerprint density at radius 1 is 1.20 bits per heavy atom. The van der Waals surface area contributed by atoms with E-state index in [4.69, 9.17) is 0 Å². The predicted octanol–water partition coefficient (Wildman–Crippen LogP) is 2.73. The molecule has 0 amide bonds. The van der Waals surface area contributed by atoms with Crippen LogP contribution in [-0.4, -0.2) is 33.0 Å². The Balaban J connectivity index is 2.53. The summed E-state index contributed by atoms with van der Waals surface area (Å²) in [6, 6.07) is 8.68. The lowest BCUT2D eigenvalue weighted by molar-refractivity contribution is 0.466. The van der Waals surface area contributed by atoms with Crippen LogP contribution in [0.15, 0.2) is 24.3 Å². The van der Waals surface area contributed by atoms with Crippen LogP contribution in [0, 0.1) is 6.92 Å². The van der Waals surface area contributed by atoms with E-state index in [1.165, 1.54) is 17.4 Å². The lowest BCUT2D eigenvalue weighted by atomic mass is 10.00. The van der Waals surface area contributed by atoms with Crippen LogP contribution < -0.4 is 5.32 Å². The first kappa shape index (κ1) is 17.2. The van der Waals surface area contributed by atoms with Crippen LogP contribution in [0.3, 0.4) is 0 Å². The van der Waals surface area contributed by atoms with E-state index in [1.54, 1.807) is 0 Å². The molecule has 114 valence electrons. The predicted molar refractivity (Wildman–Crippen MR) is 85.9 cm³/mol. The Hall–Kier alpha value is -0.870. The molecule has 0 saturated heterocycles. The molecule has 4 heteroatoms. The first-order valence-electron chi connectivity index (χ1n) is 7.38. The third-order valence-electron chi connectivity index (χ3n) is 3.54. The molecule has 0 bridgehead atoms. The minimum Gasteiger partial charge on any atom is -0.314 e. The van der Waals surface area contributed by atoms with Gasteiger partial charge in [0.1, 0.15) is 9.84 Å². The molecule has 0 aliphatic carbocycles. The lowest BCUT2D eigenvalue weighted by Crippen LogP contribution is -2.32. The number of aryl methyl sites for hydroxylation is 2. The van der Waals surface area contributed by atoms with Gasteiger partial charge in [0, 0.05) is 12.3 Å². The molecule has 1 rings (SSSR count). The van der Waals surface area contributed by atoms with E-state index in [2.05, 4.69) is 43.4 Å². The van der Waals surface area contributed by atoms with Crippen LogP contribution in [0.2, 0.25) is 0 Å². The van der Waals surface area contributed by atoms with Crippen molar-refractivity contribution < 1.29 is 8.42 Å². The minimum atomic E-state index is -2.88. The average Bonchev–Trinajstić information content (AvgIpc) is 2.38. The molecule has 0 aliphatic rings. The molecule has 1 N–H and O–H groups in total. The van der Waals surface area contributed by atoms with Crippen molar-refractivity contribution >= 4 is 9.84 Å². The monoisotopic (exact) mass is 297 g/mol. The van der Waals surface area contributed by atoms with Crippen molar-refractivity contribution in [3.63, 3.8) is 0 Å². The summed E-state index contributed by atoms with van der Waals surface area (Å²) in [4.78, 5) is 0. The van der Waals surface area contributed by atoms with E-state index in [0.717, 1.165) is 25.8 Å². The highest BCUT2D eigenvalue weighted by Gasteiger charge is 2.12. The highest BCUT2D eigenvalue weighted by atomic mass is 32.2. The van der Waals surface area contributed by atoms with Crippen molar-refractivity contribution in [3.05, 3.63) is 35.4 Å². The van der Waals surface area contributed by atoms with Gasteiger partial charge in [-0.1, -0.05) is 31.2 Å². The standard InChI is InChI=1S/C16H27NO2S/c1-4-12-17-16(11-13-20(3,18)19)10-9-15-8-6-5-7-14(15)2/h5-8,16-17H,4,9-13H2,1-3H3. The van der Waals surface area contributed by atoms with Gasteiger partial charge in [0.25, 0.3) is 0 Å². The zero-order valence-electron chi connectivity index (χ0n) is 12.9. The maximum atomic E-state index is 11.3. The number of hydrogen-bond acceptors (Lipinski definition) is 3. The molecule has 0 heterocycles. The maximum absolute atomic E-state index is 11.3. The van der Waals surface area contributed by atoms with Gasteiger partial charge < -0.3 is 5.32 Å². The van der Waals surface area contributed by atoms with E-state index in [0.29, 0.717) is 6.42 Å². The molecule has 0 aromatic heterocycles. The van der Waals surface area contributed by atoms with Crippen molar-refractivity contribution in [2.24, 2.45) is 0 Å². The largest absolute Gasteiger partial charge is 0.314 e. The smallest absolute Gasteiger partial charge is 0.147 e. The van der Waals surface area contributed by atoms with Gasteiger partial charge in [0.2, 0.25) is 0 Å². The Kier molecular flexibility index (Phi) is 7.24. The fourth-order valence-electron chi connectivity index (χ4n) is 2.27. The zero-order valence-corrected chi connectivity index (χ0v) is 13.7. The molecule has 0 saturated carbocycles. The highest BCUT2D eigenvalue weighted by molar-refractivity contribution is 7.90. The van der Waals surface area contributed by atoms with Crippen LogP contribution in [0.5, 0.6) is 0 Å². The Morgan fingerprint density at radius 3 is 2.50 bits per heavy atom. The van der Waals surface area contributed by atoms with Crippen LogP contribution in [0.1, 0.15) is 37.3 Å². The summed E-state index contributed by atoms with van der Waals surface area (Å²) in [6.07, 6.45) is 5.06. The summed E-state index contributed by atoms with van der Waals surface area (Å²) in [5.41, 5.74) is 2.67. The molecule has 20 heavy (non-hydrogen) atoms. The minimum absolute atomic E-state index is 0.266. The maximum Gasteiger partial charge on any atom is 0.147 e. The van der Waals surface area contributed by atoms with Crippen molar-refractivity contribution in [1.29, 1.82) is 0 Å². The van der Waals surface area contributed by atoms with Gasteiger partial charge in [0.15, 0.2) is 0 Å². The number of hydrogen-bond donors (Lipinski definition) is 1. The molecule has 0 fully saturated rings. The summed E-state index contributed by atoms with van der Waals surface area (Å²) in [5.74, 6) is 0.266. The molecular weight excluding hydrogens is 270 g/mol. The van der Waals surface area contributed by atoms with Gasteiger partial charge >= 0.3 is 0 Å². The lowest BCUT2D eigenvalue weighted by Gasteiger charge is -2.18. The van der Waals surface area contributed by atoms with Gasteiger partial charge in [-0.15, -0.1) is 0 Å². The Bertz CT molecular complexity index is 497. The summed E-state index contributed by atoms with van der Waals surface area (Å²) >= 11 is 0. The van der Waals surface area contributed by atoms with Crippen LogP contribution in [-0.2, 0) is 16.3 Å². The number of benzene rings is 1. The molecule has 3 nitrogen and oxygen atoms in total. The molecule has 1 aromatic rings. The van der Waals surface area contributed by atoms with Crippen molar-refractivity contribution in [3.8, 4) is 0 Å². The molecule has 1 unspecified atom stereocenters. The van der Waals surface area contributed by atoms with Crippen LogP contribution in [0.4, 0.5) is 0 Å². The second-order valence-electron chi connectivity index (χ2n) is 5.53. The fourth-order valence-corrected chi connectivity index (χ4v) is 2.99. The second kappa shape index (κ2) is 8.42. The summed E-state index contributed by atoms with van der Waals surface area (Å²) in [5, 5.41) is 3.47. The third-order valence-corrected chi connectivity index (χ3v) is 4.52. The summed E-state index contributed by atoms with van der Waals surface area (Å²) in [7, 11) is -2.88. The van der Waals surface area contributed by atoms with Gasteiger partial charge in [-0.25, -0.2) is 8.42 Å². The molecular formula is C16H27NO2S. The second-order valence-corrected chi connectivity index (χ2v) is 7.79. The Labute approximate surface area is 123 Å². The van der Waals surface area contributed by atoms with Crippen molar-refractivity contribution in [2.45, 2.75) is 45.6 Å². The average molecular weight is 297 g/mol. The van der Waals surface area contributed by atoms with E-state index >= 15 is 0 Å². The molecule has 1 aromatic carbocycles. The van der Waals surface area contributed by atoms with E-state index < -0.39 is 9.84 Å². The van der Waals surface area contributed by atoms with Crippen LogP contribution >= 0.6 is 0 Å². The molecule has 0 radical (unpaired) electrons. The van der Waals surface area contributed by atoms with E-state index in [-0.39, 0.29) is 11.8 Å². The van der Waals surface area contributed by atoms with Gasteiger partial charge in [-0.2, -0.15) is 0 Å². The van der Waals surface area contributed by atoms with Crippen LogP contribution in [0.25, 0.3) is 0 Å². The van der Waals surface area contributed by atoms with Crippen molar-refractivity contribution in [1.82, 2.24) is 5.32 Å². The molecule has 0 aliphatic heterocycles. The topological polar surface area (TPSA) is 46.2 Å². The SMILES string of the molecule is CCCNC(CCc1ccccc1C)CCS(C)(=O)=O. The summed E-state index contributed by atoms with van der Waals surface area (Å²) < 4.78 is 22.6. The van der Waals surface area contributed by atoms with Gasteiger partial charge in [-0.3, -0.25) is 0 Å². The van der Waals surface area contributed by atoms with E-state index in [9.17, 15) is 8.42 Å². The first-order valence-corrected chi connectivity index (χ1v) is 9.44. The third kappa shape index (κ3) is 7.06. The first-order chi connectivity index (χ1) is 9.42. The zero-order chi connectivity index (χ0) is 15.0. The van der Waals surface area contributed by atoms with Gasteiger partial charge in [-0.05, 0) is 50.3 Å². The fraction of sp³-hybridized carbons (Fsp3) is 0.625. The highest BCUT2D eigenvalue weighted by Crippen LogP contribution is 2.12. The van der Waals surface area contributed by atoms with Crippen molar-refractivity contribution in [2.75, 3.05) is 18.6 Å². The number of sulfone groups is 1. The number of nitrogens with one attached hydrogen (secondary N) is 1. The normalized spacial score (nSPS) is 13.3. The molecule has 1 atom stereocenters. The Morgan fingerprint density at radius 2 is 1.90 bits per heavy atom. The van der Waals surface area contributed by atoms with Gasteiger partial charge in [0.05, 0.1) is 5.75 Å². The van der Waals surface area contributed by atoms with E-state index in [1.807, 2.05) is 0 Å². The quantitative estimate of drug-likeness (QED) is 0.762. The summed E-state index contributed by atoms with van der Waals surface area (Å²) in [6.45, 7) is 5.20. The molecule has 0 spiro atoms. The number of rotatable bonds is 9.